The van der Waals surface area contributed by atoms with Gasteiger partial charge in [-0.25, -0.2) is 4.79 Å². The molecular formula is C4H8N2O2. The first-order chi connectivity index (χ1) is 3.55. The molecule has 0 aromatic carbocycles. The van der Waals surface area contributed by atoms with Gasteiger partial charge in [0.15, 0.2) is 0 Å². The summed E-state index contributed by atoms with van der Waals surface area (Å²) in [5, 5.41) is 8.09. The summed E-state index contributed by atoms with van der Waals surface area (Å²) in [6.45, 7) is 3.10. The Hall–Kier alpha value is -0.870. The van der Waals surface area contributed by atoms with E-state index in [0.717, 1.165) is 0 Å². The third-order valence-electron chi connectivity index (χ3n) is 0.677. The van der Waals surface area contributed by atoms with Gasteiger partial charge in [0.25, 0.3) is 0 Å². The molecule has 0 amide bonds. The highest BCUT2D eigenvalue weighted by Crippen LogP contribution is 1.87. The van der Waals surface area contributed by atoms with Crippen molar-refractivity contribution in [2.24, 2.45) is 11.5 Å². The molecule has 0 saturated heterocycles. The van der Waals surface area contributed by atoms with Crippen molar-refractivity contribution >= 4 is 5.97 Å². The highest BCUT2D eigenvalue weighted by atomic mass is 16.4. The van der Waals surface area contributed by atoms with Gasteiger partial charge in [-0.15, -0.1) is 0 Å². The maximum Gasteiger partial charge on any atom is 0.333 e. The van der Waals surface area contributed by atoms with Crippen molar-refractivity contribution in [3.8, 4) is 0 Å². The van der Waals surface area contributed by atoms with Crippen LogP contribution in [0.3, 0.4) is 0 Å². The third-order valence-corrected chi connectivity index (χ3v) is 0.677. The average Bonchev–Trinajstić information content (AvgIpc) is 1.64. The van der Waals surface area contributed by atoms with Crippen LogP contribution in [0.2, 0.25) is 0 Å². The number of carbonyl (C=O) groups is 1. The fourth-order valence-electron chi connectivity index (χ4n) is 0.143. The first-order valence-corrected chi connectivity index (χ1v) is 1.99. The molecule has 0 fully saturated rings. The van der Waals surface area contributed by atoms with Crippen LogP contribution < -0.4 is 11.5 Å². The summed E-state index contributed by atoms with van der Waals surface area (Å²) in [7, 11) is 0. The lowest BCUT2D eigenvalue weighted by molar-refractivity contribution is -0.132. The van der Waals surface area contributed by atoms with E-state index in [1.165, 1.54) is 0 Å². The molecular weight excluding hydrogens is 108 g/mol. The van der Waals surface area contributed by atoms with Crippen LogP contribution >= 0.6 is 0 Å². The van der Waals surface area contributed by atoms with Crippen molar-refractivity contribution in [3.63, 3.8) is 0 Å². The lowest BCUT2D eigenvalue weighted by atomic mass is 10.2. The number of carboxylic acids is 1. The Morgan fingerprint density at radius 2 is 2.00 bits per heavy atom. The Morgan fingerprint density at radius 3 is 2.00 bits per heavy atom. The van der Waals surface area contributed by atoms with Gasteiger partial charge in [-0.2, -0.15) is 0 Å². The van der Waals surface area contributed by atoms with Gasteiger partial charge < -0.3 is 16.6 Å². The van der Waals surface area contributed by atoms with Gasteiger partial charge in [0, 0.05) is 0 Å². The maximum absolute atomic E-state index is 9.88. The normalized spacial score (nSPS) is 9.38. The Morgan fingerprint density at radius 1 is 1.62 bits per heavy atom. The average molecular weight is 116 g/mol. The highest BCUT2D eigenvalue weighted by Gasteiger charge is 2.07. The third kappa shape index (κ3) is 1.72. The van der Waals surface area contributed by atoms with Gasteiger partial charge in [-0.1, -0.05) is 6.58 Å². The van der Waals surface area contributed by atoms with E-state index in [4.69, 9.17) is 16.6 Å². The highest BCUT2D eigenvalue weighted by molar-refractivity contribution is 5.86. The van der Waals surface area contributed by atoms with Crippen LogP contribution in [-0.2, 0) is 4.79 Å². The van der Waals surface area contributed by atoms with Crippen LogP contribution in [0, 0.1) is 0 Å². The number of hydrogen-bond donors (Lipinski definition) is 3. The van der Waals surface area contributed by atoms with E-state index in [1.807, 2.05) is 0 Å². The van der Waals surface area contributed by atoms with Crippen molar-refractivity contribution in [1.29, 1.82) is 0 Å². The van der Waals surface area contributed by atoms with Crippen LogP contribution in [0.4, 0.5) is 0 Å². The number of nitrogens with two attached hydrogens (primary N) is 2. The summed E-state index contributed by atoms with van der Waals surface area (Å²) in [5.74, 6) is -1.15. The Bertz CT molecular complexity index is 119. The number of hydrogen-bond acceptors (Lipinski definition) is 3. The molecule has 0 aromatic heterocycles. The quantitative estimate of drug-likeness (QED) is 0.314. The van der Waals surface area contributed by atoms with Gasteiger partial charge in [0.2, 0.25) is 0 Å². The molecule has 0 unspecified atom stereocenters. The zero-order valence-corrected chi connectivity index (χ0v) is 4.29. The standard InChI is InChI=1S/C4H8N2O2/c1-2(3(5)6)4(7)8/h3H,1,5-6H2,(H,7,8). The van der Waals surface area contributed by atoms with Crippen molar-refractivity contribution in [2.75, 3.05) is 0 Å². The first kappa shape index (κ1) is 7.13. The smallest absolute Gasteiger partial charge is 0.333 e. The van der Waals surface area contributed by atoms with Crippen LogP contribution in [-0.4, -0.2) is 17.2 Å². The van der Waals surface area contributed by atoms with Crippen LogP contribution in [0.5, 0.6) is 0 Å². The maximum atomic E-state index is 9.88. The minimum absolute atomic E-state index is 0.176. The second-order valence-electron chi connectivity index (χ2n) is 1.36. The van der Waals surface area contributed by atoms with Crippen LogP contribution in [0.1, 0.15) is 0 Å². The molecule has 8 heavy (non-hydrogen) atoms. The molecule has 0 radical (unpaired) electrons. The molecule has 46 valence electrons. The van der Waals surface area contributed by atoms with E-state index < -0.39 is 12.1 Å². The number of aliphatic carboxylic acids is 1. The fraction of sp³-hybridized carbons (Fsp3) is 0.250. The molecule has 0 spiro atoms. The van der Waals surface area contributed by atoms with Gasteiger partial charge in [-0.3, -0.25) is 0 Å². The topological polar surface area (TPSA) is 89.3 Å². The van der Waals surface area contributed by atoms with E-state index in [2.05, 4.69) is 6.58 Å². The van der Waals surface area contributed by atoms with Crippen LogP contribution in [0.15, 0.2) is 12.2 Å². The van der Waals surface area contributed by atoms with E-state index in [0.29, 0.717) is 0 Å². The Kier molecular flexibility index (Phi) is 2.18. The summed E-state index contributed by atoms with van der Waals surface area (Å²) >= 11 is 0. The largest absolute Gasteiger partial charge is 0.478 e. The van der Waals surface area contributed by atoms with E-state index >= 15 is 0 Å². The number of carboxylic acid groups (broad SMARTS) is 1. The molecule has 4 heteroatoms. The lowest BCUT2D eigenvalue weighted by Gasteiger charge is -2.01. The lowest BCUT2D eigenvalue weighted by Crippen LogP contribution is -2.35. The minimum Gasteiger partial charge on any atom is -0.478 e. The number of rotatable bonds is 2. The molecule has 0 aromatic rings. The Balaban J connectivity index is 3.84. The zero-order chi connectivity index (χ0) is 6.73. The molecule has 0 bridgehead atoms. The molecule has 0 heterocycles. The summed E-state index contributed by atoms with van der Waals surface area (Å²) < 4.78 is 0. The van der Waals surface area contributed by atoms with E-state index in [-0.39, 0.29) is 5.57 Å². The summed E-state index contributed by atoms with van der Waals surface area (Å²) in [6, 6.07) is 0. The van der Waals surface area contributed by atoms with Crippen molar-refractivity contribution < 1.29 is 9.90 Å². The molecule has 0 atom stereocenters. The zero-order valence-electron chi connectivity index (χ0n) is 4.29. The fourth-order valence-corrected chi connectivity index (χ4v) is 0.143. The van der Waals surface area contributed by atoms with E-state index in [1.54, 1.807) is 0 Å². The molecule has 0 saturated carbocycles. The van der Waals surface area contributed by atoms with Gasteiger partial charge >= 0.3 is 5.97 Å². The van der Waals surface area contributed by atoms with Gasteiger partial charge in [-0.05, 0) is 0 Å². The Labute approximate surface area is 46.8 Å². The molecule has 0 rings (SSSR count). The molecule has 5 N–H and O–H groups in total. The first-order valence-electron chi connectivity index (χ1n) is 1.99. The van der Waals surface area contributed by atoms with Gasteiger partial charge in [0.1, 0.15) is 0 Å². The summed E-state index contributed by atoms with van der Waals surface area (Å²) in [5.41, 5.74) is 9.69. The molecule has 0 aliphatic heterocycles. The van der Waals surface area contributed by atoms with Crippen molar-refractivity contribution in [2.45, 2.75) is 6.17 Å². The predicted octanol–water partition coefficient (Wildman–Crippen LogP) is -1.13. The molecule has 0 aliphatic carbocycles. The monoisotopic (exact) mass is 116 g/mol. The van der Waals surface area contributed by atoms with Gasteiger partial charge in [0.05, 0.1) is 11.7 Å². The minimum atomic E-state index is -1.15. The van der Waals surface area contributed by atoms with Crippen molar-refractivity contribution in [1.82, 2.24) is 0 Å². The predicted molar refractivity (Wildman–Crippen MR) is 28.9 cm³/mol. The van der Waals surface area contributed by atoms with Crippen molar-refractivity contribution in [3.05, 3.63) is 12.2 Å². The second kappa shape index (κ2) is 2.44. The SMILES string of the molecule is C=C(C(=O)O)C(N)N. The molecule has 4 nitrogen and oxygen atoms in total. The van der Waals surface area contributed by atoms with E-state index in [9.17, 15) is 4.79 Å². The van der Waals surface area contributed by atoms with Crippen LogP contribution in [0.25, 0.3) is 0 Å². The summed E-state index contributed by atoms with van der Waals surface area (Å²) in [6.07, 6.45) is -0.951. The second-order valence-corrected chi connectivity index (χ2v) is 1.36. The molecule has 0 aliphatic rings. The summed E-state index contributed by atoms with van der Waals surface area (Å²) in [4.78, 5) is 9.88.